The molecular weight excluding hydrogens is 426 g/mol. The number of anilines is 1. The SMILES string of the molecule is NC1=C(c2cc(F)c(F)c3[nH]ncc23)c2cc(OCCC(F)F)c3ncccc3c2NC1. The van der Waals surface area contributed by atoms with E-state index in [0.29, 0.717) is 50.1 Å². The Morgan fingerprint density at radius 2 is 2.00 bits per heavy atom. The van der Waals surface area contributed by atoms with Crippen molar-refractivity contribution in [3.8, 4) is 5.75 Å². The van der Waals surface area contributed by atoms with Gasteiger partial charge in [0.05, 0.1) is 25.0 Å². The number of rotatable bonds is 5. The van der Waals surface area contributed by atoms with Crippen LogP contribution in [0, 0.1) is 11.6 Å². The molecule has 4 N–H and O–H groups in total. The summed E-state index contributed by atoms with van der Waals surface area (Å²) in [5.74, 6) is -1.79. The number of fused-ring (bicyclic) bond motifs is 4. The summed E-state index contributed by atoms with van der Waals surface area (Å²) in [4.78, 5) is 4.35. The molecule has 1 aliphatic heterocycles. The molecule has 0 aliphatic carbocycles. The summed E-state index contributed by atoms with van der Waals surface area (Å²) in [6.45, 7) is 0.0531. The summed E-state index contributed by atoms with van der Waals surface area (Å²) >= 11 is 0. The Bertz CT molecular complexity index is 1380. The van der Waals surface area contributed by atoms with Crippen LogP contribution in [0.1, 0.15) is 17.5 Å². The number of benzene rings is 2. The van der Waals surface area contributed by atoms with Gasteiger partial charge in [0, 0.05) is 40.2 Å². The van der Waals surface area contributed by atoms with Gasteiger partial charge >= 0.3 is 0 Å². The van der Waals surface area contributed by atoms with Crippen molar-refractivity contribution in [3.05, 3.63) is 65.1 Å². The van der Waals surface area contributed by atoms with Gasteiger partial charge in [-0.1, -0.05) is 0 Å². The van der Waals surface area contributed by atoms with E-state index in [2.05, 4.69) is 20.5 Å². The molecule has 0 radical (unpaired) electrons. The Labute approximate surface area is 179 Å². The molecule has 32 heavy (non-hydrogen) atoms. The fourth-order valence-electron chi connectivity index (χ4n) is 3.99. The lowest BCUT2D eigenvalue weighted by Gasteiger charge is -2.26. The van der Waals surface area contributed by atoms with E-state index in [1.807, 2.05) is 6.07 Å². The van der Waals surface area contributed by atoms with Gasteiger partial charge in [0.1, 0.15) is 16.8 Å². The monoisotopic (exact) mass is 443 g/mol. The molecule has 1 aliphatic rings. The number of hydrogen-bond acceptors (Lipinski definition) is 5. The van der Waals surface area contributed by atoms with Crippen LogP contribution in [0.3, 0.4) is 0 Å². The van der Waals surface area contributed by atoms with Gasteiger partial charge in [0.25, 0.3) is 0 Å². The largest absolute Gasteiger partial charge is 0.491 e. The summed E-state index contributed by atoms with van der Waals surface area (Å²) in [5, 5.41) is 10.6. The molecule has 0 saturated heterocycles. The zero-order valence-corrected chi connectivity index (χ0v) is 16.6. The second-order valence-corrected chi connectivity index (χ2v) is 7.36. The summed E-state index contributed by atoms with van der Waals surface area (Å²) in [5.41, 5.74) is 9.22. The number of aromatic nitrogens is 3. The van der Waals surface area contributed by atoms with Gasteiger partial charge < -0.3 is 15.8 Å². The van der Waals surface area contributed by atoms with E-state index in [1.165, 1.54) is 6.20 Å². The molecular formula is C22H17F4N5O. The Hall–Kier alpha value is -3.82. The number of alkyl halides is 2. The van der Waals surface area contributed by atoms with Crippen molar-refractivity contribution in [2.75, 3.05) is 18.5 Å². The first-order valence-corrected chi connectivity index (χ1v) is 9.82. The van der Waals surface area contributed by atoms with Crippen molar-refractivity contribution in [2.24, 2.45) is 5.73 Å². The lowest BCUT2D eigenvalue weighted by atomic mass is 9.88. The number of pyridine rings is 1. The summed E-state index contributed by atoms with van der Waals surface area (Å²) in [7, 11) is 0. The predicted molar refractivity (Wildman–Crippen MR) is 113 cm³/mol. The highest BCUT2D eigenvalue weighted by molar-refractivity contribution is 6.08. The maximum absolute atomic E-state index is 14.4. The molecule has 5 rings (SSSR count). The van der Waals surface area contributed by atoms with E-state index >= 15 is 0 Å². The van der Waals surface area contributed by atoms with E-state index < -0.39 is 24.5 Å². The number of nitrogens with two attached hydrogens (primary N) is 1. The van der Waals surface area contributed by atoms with Gasteiger partial charge in [0.15, 0.2) is 11.6 Å². The first kappa shape index (κ1) is 20.1. The normalized spacial score (nSPS) is 13.7. The van der Waals surface area contributed by atoms with E-state index in [1.54, 1.807) is 18.3 Å². The molecule has 0 bridgehead atoms. The number of H-pyrrole nitrogens is 1. The lowest BCUT2D eigenvalue weighted by molar-refractivity contribution is 0.114. The number of aromatic amines is 1. The quantitative estimate of drug-likeness (QED) is 0.394. The highest BCUT2D eigenvalue weighted by atomic mass is 19.3. The predicted octanol–water partition coefficient (Wildman–Crippen LogP) is 4.57. The third kappa shape index (κ3) is 3.19. The van der Waals surface area contributed by atoms with Crippen LogP contribution >= 0.6 is 0 Å². The minimum absolute atomic E-state index is 0.0729. The first-order chi connectivity index (χ1) is 15.5. The average molecular weight is 443 g/mol. The van der Waals surface area contributed by atoms with Crippen LogP contribution in [-0.4, -0.2) is 34.8 Å². The van der Waals surface area contributed by atoms with Crippen LogP contribution in [-0.2, 0) is 0 Å². The zero-order chi connectivity index (χ0) is 22.4. The molecule has 10 heteroatoms. The van der Waals surface area contributed by atoms with Crippen LogP contribution in [0.4, 0.5) is 23.2 Å². The van der Waals surface area contributed by atoms with Crippen LogP contribution in [0.25, 0.3) is 27.4 Å². The first-order valence-electron chi connectivity index (χ1n) is 9.82. The minimum Gasteiger partial charge on any atom is -0.491 e. The lowest BCUT2D eigenvalue weighted by Crippen LogP contribution is -2.21. The summed E-state index contributed by atoms with van der Waals surface area (Å²) in [6.07, 6.45) is 0.0363. The van der Waals surface area contributed by atoms with E-state index in [-0.39, 0.29) is 18.7 Å². The highest BCUT2D eigenvalue weighted by Crippen LogP contribution is 2.44. The fourth-order valence-corrected chi connectivity index (χ4v) is 3.99. The molecule has 0 saturated carbocycles. The van der Waals surface area contributed by atoms with Gasteiger partial charge in [-0.2, -0.15) is 5.10 Å². The number of halogens is 4. The van der Waals surface area contributed by atoms with Crippen LogP contribution in [0.15, 0.2) is 42.4 Å². The minimum atomic E-state index is -2.50. The van der Waals surface area contributed by atoms with E-state index in [9.17, 15) is 17.6 Å². The number of hydrogen-bond donors (Lipinski definition) is 3. The van der Waals surface area contributed by atoms with Crippen LogP contribution in [0.5, 0.6) is 5.75 Å². The van der Waals surface area contributed by atoms with Crippen molar-refractivity contribution >= 4 is 33.1 Å². The Kier molecular flexibility index (Phi) is 4.84. The smallest absolute Gasteiger partial charge is 0.241 e. The Morgan fingerprint density at radius 1 is 1.16 bits per heavy atom. The van der Waals surface area contributed by atoms with Crippen LogP contribution < -0.4 is 15.8 Å². The third-order valence-corrected chi connectivity index (χ3v) is 5.39. The zero-order valence-electron chi connectivity index (χ0n) is 16.6. The van der Waals surface area contributed by atoms with Gasteiger partial charge in [-0.15, -0.1) is 0 Å². The van der Waals surface area contributed by atoms with Gasteiger partial charge in [0.2, 0.25) is 6.43 Å². The van der Waals surface area contributed by atoms with Crippen molar-refractivity contribution in [3.63, 3.8) is 0 Å². The van der Waals surface area contributed by atoms with E-state index in [0.717, 1.165) is 6.07 Å². The second kappa shape index (κ2) is 7.70. The topological polar surface area (TPSA) is 88.9 Å². The molecule has 0 atom stereocenters. The molecule has 3 heterocycles. The van der Waals surface area contributed by atoms with Gasteiger partial charge in [-0.05, 0) is 29.8 Å². The summed E-state index contributed by atoms with van der Waals surface area (Å²) < 4.78 is 59.6. The number of ether oxygens (including phenoxy) is 1. The molecule has 4 aromatic rings. The Morgan fingerprint density at radius 3 is 2.81 bits per heavy atom. The van der Waals surface area contributed by atoms with Gasteiger partial charge in [-0.3, -0.25) is 10.1 Å². The van der Waals surface area contributed by atoms with Crippen LogP contribution in [0.2, 0.25) is 0 Å². The Balaban J connectivity index is 1.74. The maximum atomic E-state index is 14.4. The van der Waals surface area contributed by atoms with Crippen molar-refractivity contribution < 1.29 is 22.3 Å². The molecule has 0 fully saturated rings. The molecule has 2 aromatic heterocycles. The second-order valence-electron chi connectivity index (χ2n) is 7.36. The van der Waals surface area contributed by atoms with Crippen molar-refractivity contribution in [1.29, 1.82) is 0 Å². The molecule has 2 aromatic carbocycles. The highest BCUT2D eigenvalue weighted by Gasteiger charge is 2.26. The molecule has 0 amide bonds. The molecule has 0 unspecified atom stereocenters. The molecule has 6 nitrogen and oxygen atoms in total. The fraction of sp³-hybridized carbons (Fsp3) is 0.182. The van der Waals surface area contributed by atoms with Crippen molar-refractivity contribution in [2.45, 2.75) is 12.8 Å². The third-order valence-electron chi connectivity index (χ3n) is 5.39. The molecule has 0 spiro atoms. The number of nitrogens with zero attached hydrogens (tertiary/aromatic N) is 2. The van der Waals surface area contributed by atoms with Crippen molar-refractivity contribution in [1.82, 2.24) is 15.2 Å². The average Bonchev–Trinajstić information content (AvgIpc) is 3.27. The standard InChI is InChI=1S/C22H17F4N5O/c23-14-6-11(13-8-30-31-22(13)19(14)26)18-12-7-16(32-5-3-17(24)25)21-10(2-1-4-28-21)20(12)29-9-15(18)27/h1-2,4,6-8,17,29H,3,5,9,27H2,(H,30,31). The number of nitrogens with one attached hydrogen (secondary N) is 2. The maximum Gasteiger partial charge on any atom is 0.241 e. The summed E-state index contributed by atoms with van der Waals surface area (Å²) in [6, 6.07) is 6.26. The molecule has 164 valence electrons. The van der Waals surface area contributed by atoms with Gasteiger partial charge in [-0.25, -0.2) is 17.6 Å². The van der Waals surface area contributed by atoms with E-state index in [4.69, 9.17) is 10.5 Å².